The molecule has 144 valence electrons. The van der Waals surface area contributed by atoms with Crippen LogP contribution in [0.3, 0.4) is 0 Å². The lowest BCUT2D eigenvalue weighted by Crippen LogP contribution is -2.38. The van der Waals surface area contributed by atoms with Gasteiger partial charge in [-0.2, -0.15) is 5.10 Å². The summed E-state index contributed by atoms with van der Waals surface area (Å²) in [5.74, 6) is -0.661. The maximum atomic E-state index is 12.4. The van der Waals surface area contributed by atoms with E-state index in [1.165, 1.54) is 10.4 Å². The molecule has 0 radical (unpaired) electrons. The van der Waals surface area contributed by atoms with Crippen LogP contribution in [0.5, 0.6) is 0 Å². The Kier molecular flexibility index (Phi) is 5.00. The lowest BCUT2D eigenvalue weighted by molar-refractivity contribution is -0.135. The molecule has 0 unspecified atom stereocenters. The second-order valence-electron chi connectivity index (χ2n) is 6.90. The van der Waals surface area contributed by atoms with Crippen LogP contribution >= 0.6 is 11.3 Å². The van der Waals surface area contributed by atoms with Crippen molar-refractivity contribution in [1.82, 2.24) is 14.7 Å². The van der Waals surface area contributed by atoms with E-state index >= 15 is 0 Å². The first-order chi connectivity index (χ1) is 13.5. The molecule has 0 fully saturated rings. The highest BCUT2D eigenvalue weighted by molar-refractivity contribution is 7.10. The van der Waals surface area contributed by atoms with Crippen molar-refractivity contribution in [2.24, 2.45) is 0 Å². The first-order valence-electron chi connectivity index (χ1n) is 9.15. The fraction of sp³-hybridized carbons (Fsp3) is 0.286. The van der Waals surface area contributed by atoms with Crippen LogP contribution in [-0.2, 0) is 22.5 Å². The summed E-state index contributed by atoms with van der Waals surface area (Å²) in [7, 11) is 0. The molecule has 1 aromatic carbocycles. The maximum absolute atomic E-state index is 12.4. The lowest BCUT2D eigenvalue weighted by atomic mass is 10.1. The number of amides is 1. The maximum Gasteiger partial charge on any atom is 0.338 e. The fourth-order valence-corrected chi connectivity index (χ4v) is 4.28. The van der Waals surface area contributed by atoms with Crippen LogP contribution in [0.25, 0.3) is 5.69 Å². The Hall–Kier alpha value is -2.93. The van der Waals surface area contributed by atoms with E-state index in [-0.39, 0.29) is 12.5 Å². The van der Waals surface area contributed by atoms with Gasteiger partial charge >= 0.3 is 5.97 Å². The molecule has 3 heterocycles. The number of thiophene rings is 1. The smallest absolute Gasteiger partial charge is 0.338 e. The van der Waals surface area contributed by atoms with Crippen molar-refractivity contribution in [1.29, 1.82) is 0 Å². The molecule has 1 aliphatic rings. The second-order valence-corrected chi connectivity index (χ2v) is 7.90. The molecule has 0 aliphatic carbocycles. The number of rotatable bonds is 4. The normalized spacial score (nSPS) is 13.3. The number of ether oxygens (including phenoxy) is 1. The van der Waals surface area contributed by atoms with Gasteiger partial charge in [0.15, 0.2) is 6.61 Å². The summed E-state index contributed by atoms with van der Waals surface area (Å²) in [6, 6.07) is 11.1. The third-order valence-electron chi connectivity index (χ3n) is 4.84. The Bertz CT molecular complexity index is 1020. The number of hydrogen-bond acceptors (Lipinski definition) is 5. The highest BCUT2D eigenvalue weighted by Gasteiger charge is 2.22. The highest BCUT2D eigenvalue weighted by Crippen LogP contribution is 2.24. The minimum absolute atomic E-state index is 0.163. The number of carbonyl (C=O) groups is 2. The molecule has 0 spiro atoms. The number of fused-ring (bicyclic) bond motifs is 1. The van der Waals surface area contributed by atoms with Crippen LogP contribution in [0, 0.1) is 13.8 Å². The van der Waals surface area contributed by atoms with Gasteiger partial charge in [-0.05, 0) is 67.6 Å². The Morgan fingerprint density at radius 1 is 1.18 bits per heavy atom. The summed E-state index contributed by atoms with van der Waals surface area (Å²) < 4.78 is 7.06. The van der Waals surface area contributed by atoms with E-state index in [1.54, 1.807) is 28.4 Å². The number of hydrogen-bond donors (Lipinski definition) is 0. The van der Waals surface area contributed by atoms with Crippen LogP contribution in [0.4, 0.5) is 0 Å². The van der Waals surface area contributed by atoms with Crippen LogP contribution < -0.4 is 0 Å². The van der Waals surface area contributed by atoms with Crippen molar-refractivity contribution in [3.63, 3.8) is 0 Å². The number of benzene rings is 1. The molecule has 1 aliphatic heterocycles. The Morgan fingerprint density at radius 3 is 2.68 bits per heavy atom. The third-order valence-corrected chi connectivity index (χ3v) is 5.87. The topological polar surface area (TPSA) is 64.4 Å². The zero-order valence-corrected chi connectivity index (χ0v) is 16.7. The first-order valence-corrected chi connectivity index (χ1v) is 10.0. The summed E-state index contributed by atoms with van der Waals surface area (Å²) >= 11 is 1.73. The van der Waals surface area contributed by atoms with Crippen LogP contribution in [0.2, 0.25) is 0 Å². The third kappa shape index (κ3) is 3.71. The molecule has 3 aromatic rings. The Labute approximate surface area is 167 Å². The molecule has 28 heavy (non-hydrogen) atoms. The van der Waals surface area contributed by atoms with Crippen LogP contribution in [-0.4, -0.2) is 39.7 Å². The minimum atomic E-state index is -0.499. The lowest BCUT2D eigenvalue weighted by Gasteiger charge is -2.26. The predicted molar refractivity (Wildman–Crippen MR) is 107 cm³/mol. The predicted octanol–water partition coefficient (Wildman–Crippen LogP) is 3.29. The van der Waals surface area contributed by atoms with Gasteiger partial charge in [0.05, 0.1) is 16.9 Å². The average Bonchev–Trinajstić information content (AvgIpc) is 3.30. The van der Waals surface area contributed by atoms with Crippen molar-refractivity contribution in [2.75, 3.05) is 13.2 Å². The standard InChI is InChI=1S/C21H21N3O3S/c1-14-11-15(2)24(22-14)18-5-3-16(4-6-18)21(26)27-13-20(25)23-9-7-19-17(12-23)8-10-28-19/h3-6,8,10-11H,7,9,12-13H2,1-2H3. The fourth-order valence-electron chi connectivity index (χ4n) is 3.39. The van der Waals surface area contributed by atoms with E-state index in [9.17, 15) is 9.59 Å². The molecule has 0 saturated carbocycles. The van der Waals surface area contributed by atoms with E-state index in [4.69, 9.17) is 4.74 Å². The molecule has 7 heteroatoms. The minimum Gasteiger partial charge on any atom is -0.452 e. The van der Waals surface area contributed by atoms with Gasteiger partial charge in [0.2, 0.25) is 0 Å². The van der Waals surface area contributed by atoms with Gasteiger partial charge in [0, 0.05) is 23.7 Å². The van der Waals surface area contributed by atoms with Crippen LogP contribution in [0.1, 0.15) is 32.2 Å². The molecule has 0 N–H and O–H groups in total. The zero-order chi connectivity index (χ0) is 19.7. The van der Waals surface area contributed by atoms with E-state index in [0.29, 0.717) is 18.7 Å². The van der Waals surface area contributed by atoms with Gasteiger partial charge in [-0.1, -0.05) is 0 Å². The monoisotopic (exact) mass is 395 g/mol. The van der Waals surface area contributed by atoms with E-state index in [2.05, 4.69) is 11.2 Å². The molecular formula is C21H21N3O3S. The number of aromatic nitrogens is 2. The Balaban J connectivity index is 1.35. The molecular weight excluding hydrogens is 374 g/mol. The summed E-state index contributed by atoms with van der Waals surface area (Å²) in [4.78, 5) is 27.8. The molecule has 4 rings (SSSR count). The molecule has 1 amide bonds. The summed E-state index contributed by atoms with van der Waals surface area (Å²) in [6.07, 6.45) is 0.862. The largest absolute Gasteiger partial charge is 0.452 e. The van der Waals surface area contributed by atoms with Gasteiger partial charge < -0.3 is 9.64 Å². The average molecular weight is 395 g/mol. The molecule has 6 nitrogen and oxygen atoms in total. The molecule has 0 saturated heterocycles. The van der Waals surface area contributed by atoms with Gasteiger partial charge in [-0.3, -0.25) is 4.79 Å². The number of esters is 1. The van der Waals surface area contributed by atoms with E-state index < -0.39 is 5.97 Å². The van der Waals surface area contributed by atoms with E-state index in [1.807, 2.05) is 42.1 Å². The second kappa shape index (κ2) is 7.59. The first kappa shape index (κ1) is 18.4. The van der Waals surface area contributed by atoms with Gasteiger partial charge in [0.1, 0.15) is 0 Å². The molecule has 2 aromatic heterocycles. The van der Waals surface area contributed by atoms with Crippen molar-refractivity contribution in [3.8, 4) is 5.69 Å². The number of nitrogens with zero attached hydrogens (tertiary/aromatic N) is 3. The summed E-state index contributed by atoms with van der Waals surface area (Å²) in [5.41, 5.74) is 4.44. The summed E-state index contributed by atoms with van der Waals surface area (Å²) in [5, 5.41) is 6.48. The van der Waals surface area contributed by atoms with Gasteiger partial charge in [0.25, 0.3) is 5.91 Å². The SMILES string of the molecule is Cc1cc(C)n(-c2ccc(C(=O)OCC(=O)N3CCc4sccc4C3)cc2)n1. The van der Waals surface area contributed by atoms with Gasteiger partial charge in [-0.25, -0.2) is 9.48 Å². The Morgan fingerprint density at radius 2 is 1.96 bits per heavy atom. The van der Waals surface area contributed by atoms with Crippen LogP contribution in [0.15, 0.2) is 41.8 Å². The van der Waals surface area contributed by atoms with Crippen molar-refractivity contribution in [2.45, 2.75) is 26.8 Å². The van der Waals surface area contributed by atoms with Crippen molar-refractivity contribution < 1.29 is 14.3 Å². The molecule has 0 bridgehead atoms. The number of aryl methyl sites for hydroxylation is 2. The quantitative estimate of drug-likeness (QED) is 0.636. The van der Waals surface area contributed by atoms with Gasteiger partial charge in [-0.15, -0.1) is 11.3 Å². The van der Waals surface area contributed by atoms with Crippen molar-refractivity contribution in [3.05, 3.63) is 69.2 Å². The summed E-state index contributed by atoms with van der Waals surface area (Å²) in [6.45, 7) is 4.94. The number of carbonyl (C=O) groups excluding carboxylic acids is 2. The van der Waals surface area contributed by atoms with E-state index in [0.717, 1.165) is 23.5 Å². The zero-order valence-electron chi connectivity index (χ0n) is 15.8. The highest BCUT2D eigenvalue weighted by atomic mass is 32.1. The van der Waals surface area contributed by atoms with Crippen molar-refractivity contribution >= 4 is 23.2 Å². The molecule has 0 atom stereocenters.